The summed E-state index contributed by atoms with van der Waals surface area (Å²) in [5, 5.41) is 0.274. The zero-order chi connectivity index (χ0) is 20.6. The smallest absolute Gasteiger partial charge is 0.431 e. The van der Waals surface area contributed by atoms with Gasteiger partial charge in [0.25, 0.3) is 5.82 Å². The van der Waals surface area contributed by atoms with Gasteiger partial charge in [0.2, 0.25) is 12.0 Å². The van der Waals surface area contributed by atoms with Gasteiger partial charge in [-0.3, -0.25) is 0 Å². The molecule has 4 rings (SSSR count). The van der Waals surface area contributed by atoms with Gasteiger partial charge in [-0.2, -0.15) is 13.2 Å². The highest BCUT2D eigenvalue weighted by atomic mass is 19.4. The molecule has 6 nitrogen and oxygen atoms in total. The Balaban J connectivity index is 1.71. The molecule has 0 bridgehead atoms. The van der Waals surface area contributed by atoms with E-state index in [1.807, 2.05) is 31.2 Å². The van der Waals surface area contributed by atoms with Crippen molar-refractivity contribution in [2.75, 3.05) is 13.7 Å². The first-order valence-electron chi connectivity index (χ1n) is 9.07. The van der Waals surface area contributed by atoms with E-state index in [-0.39, 0.29) is 17.0 Å². The highest BCUT2D eigenvalue weighted by Crippen LogP contribution is 2.40. The normalized spacial score (nSPS) is 22.0. The lowest BCUT2D eigenvalue weighted by Crippen LogP contribution is -2.42. The number of benzene rings is 1. The van der Waals surface area contributed by atoms with Crippen LogP contribution in [0.2, 0.25) is 0 Å². The first kappa shape index (κ1) is 19.4. The number of alkyl halides is 3. The number of H-pyrrole nitrogens is 2. The van der Waals surface area contributed by atoms with E-state index < -0.39 is 17.5 Å². The largest absolute Gasteiger partial charge is 0.485 e. The maximum Gasteiger partial charge on any atom is 0.431 e. The van der Waals surface area contributed by atoms with E-state index in [0.717, 1.165) is 17.4 Å². The van der Waals surface area contributed by atoms with Gasteiger partial charge in [0.05, 0.1) is 12.8 Å². The molecular formula is C20H20F3N4O2+. The maximum atomic E-state index is 13.0. The molecular weight excluding hydrogens is 385 g/mol. The van der Waals surface area contributed by atoms with Crippen LogP contribution in [0.15, 0.2) is 41.7 Å². The summed E-state index contributed by atoms with van der Waals surface area (Å²) in [6, 6.07) is 8.67. The predicted octanol–water partition coefficient (Wildman–Crippen LogP) is 4.07. The fraction of sp³-hybridized carbons (Fsp3) is 0.350. The first-order chi connectivity index (χ1) is 13.8. The molecule has 2 atom stereocenters. The number of rotatable bonds is 4. The molecule has 1 aliphatic heterocycles. The minimum absolute atomic E-state index is 0.0854. The Bertz CT molecular complexity index is 1060. The molecule has 1 aromatic carbocycles. The molecule has 29 heavy (non-hydrogen) atoms. The Morgan fingerprint density at radius 1 is 1.41 bits per heavy atom. The zero-order valence-corrected chi connectivity index (χ0v) is 15.9. The van der Waals surface area contributed by atoms with Gasteiger partial charge in [-0.25, -0.2) is 4.98 Å². The van der Waals surface area contributed by atoms with Crippen molar-refractivity contribution in [3.63, 3.8) is 0 Å². The Kier molecular flexibility index (Phi) is 4.77. The topological polar surface area (TPSA) is 73.6 Å². The highest BCUT2D eigenvalue weighted by Gasteiger charge is 2.37. The summed E-state index contributed by atoms with van der Waals surface area (Å²) in [6.45, 7) is 2.37. The minimum atomic E-state index is -4.48. The summed E-state index contributed by atoms with van der Waals surface area (Å²) in [5.74, 6) is 0.969. The van der Waals surface area contributed by atoms with E-state index in [9.17, 15) is 13.2 Å². The third kappa shape index (κ3) is 3.82. The van der Waals surface area contributed by atoms with E-state index in [0.29, 0.717) is 18.8 Å². The second-order valence-electron chi connectivity index (χ2n) is 7.31. The number of aromatic nitrogens is 3. The third-order valence-electron chi connectivity index (χ3n) is 4.91. The quantitative estimate of drug-likeness (QED) is 0.665. The lowest BCUT2D eigenvalue weighted by molar-refractivity contribution is -0.365. The zero-order valence-electron chi connectivity index (χ0n) is 15.9. The summed E-state index contributed by atoms with van der Waals surface area (Å²) >= 11 is 0. The van der Waals surface area contributed by atoms with Gasteiger partial charge < -0.3 is 14.5 Å². The van der Waals surface area contributed by atoms with Crippen molar-refractivity contribution >= 4 is 23.1 Å². The minimum Gasteiger partial charge on any atom is -0.485 e. The second kappa shape index (κ2) is 7.14. The molecule has 1 aliphatic rings. The number of methoxy groups -OCH3 is 1. The van der Waals surface area contributed by atoms with Crippen LogP contribution in [-0.2, 0) is 10.9 Å². The van der Waals surface area contributed by atoms with E-state index in [4.69, 9.17) is 9.47 Å². The van der Waals surface area contributed by atoms with Crippen LogP contribution in [0.3, 0.4) is 0 Å². The Morgan fingerprint density at radius 2 is 2.21 bits per heavy atom. The molecule has 3 heterocycles. The van der Waals surface area contributed by atoms with Crippen LogP contribution < -0.4 is 9.72 Å². The summed E-state index contributed by atoms with van der Waals surface area (Å²) in [6.07, 6.45) is -0.806. The number of fused-ring (bicyclic) bond motifs is 2. The average molecular weight is 405 g/mol. The summed E-state index contributed by atoms with van der Waals surface area (Å²) in [4.78, 5) is 13.5. The molecule has 2 N–H and O–H groups in total. The molecule has 0 amide bonds. The lowest BCUT2D eigenvalue weighted by atomic mass is 9.84. The van der Waals surface area contributed by atoms with Gasteiger partial charge in [-0.05, 0) is 19.1 Å². The van der Waals surface area contributed by atoms with Crippen LogP contribution in [0, 0.1) is 0 Å². The molecule has 0 saturated heterocycles. The Morgan fingerprint density at radius 3 is 2.97 bits per heavy atom. The number of aromatic amines is 2. The number of aliphatic imine (C=N–C) groups is 1. The van der Waals surface area contributed by atoms with Crippen molar-refractivity contribution in [3.8, 4) is 5.75 Å². The van der Waals surface area contributed by atoms with Crippen LogP contribution in [0.5, 0.6) is 5.75 Å². The van der Waals surface area contributed by atoms with Gasteiger partial charge in [-0.15, -0.1) is 4.99 Å². The molecule has 0 fully saturated rings. The molecule has 0 saturated carbocycles. The van der Waals surface area contributed by atoms with Crippen molar-refractivity contribution in [2.24, 2.45) is 4.99 Å². The summed E-state index contributed by atoms with van der Waals surface area (Å²) in [5.41, 5.74) is -0.297. The fourth-order valence-corrected chi connectivity index (χ4v) is 3.67. The fourth-order valence-electron chi connectivity index (χ4n) is 3.67. The Labute approximate surface area is 164 Å². The Hall–Kier alpha value is -2.94. The monoisotopic (exact) mass is 405 g/mol. The van der Waals surface area contributed by atoms with Gasteiger partial charge in [0.15, 0.2) is 0 Å². The van der Waals surface area contributed by atoms with Crippen molar-refractivity contribution in [2.45, 2.75) is 31.0 Å². The van der Waals surface area contributed by atoms with Gasteiger partial charge in [-0.1, -0.05) is 23.2 Å². The van der Waals surface area contributed by atoms with Crippen LogP contribution >= 0.6 is 0 Å². The van der Waals surface area contributed by atoms with Gasteiger partial charge >= 0.3 is 6.18 Å². The summed E-state index contributed by atoms with van der Waals surface area (Å²) < 4.78 is 50.5. The molecule has 0 spiro atoms. The average Bonchev–Trinajstić information content (AvgIpc) is 3.11. The second-order valence-corrected chi connectivity index (χ2v) is 7.31. The number of para-hydroxylation sites is 1. The SMILES string of the molecule is COC[C@]1(C)CC(/C=N\c2[nH+]cnc3[nH]c(C(F)(F)F)cc23)c2ccccc2O1. The predicted molar refractivity (Wildman–Crippen MR) is 101 cm³/mol. The molecule has 0 radical (unpaired) electrons. The van der Waals surface area contributed by atoms with Crippen molar-refractivity contribution in [1.82, 2.24) is 9.97 Å². The van der Waals surface area contributed by atoms with Gasteiger partial charge in [0, 0.05) is 25.0 Å². The number of hydrogen-bond acceptors (Lipinski definition) is 4. The summed E-state index contributed by atoms with van der Waals surface area (Å²) in [7, 11) is 1.62. The maximum absolute atomic E-state index is 13.0. The van der Waals surface area contributed by atoms with Crippen LogP contribution in [0.25, 0.3) is 11.0 Å². The molecule has 9 heteroatoms. The molecule has 3 aromatic rings. The van der Waals surface area contributed by atoms with Crippen LogP contribution in [0.1, 0.15) is 30.5 Å². The van der Waals surface area contributed by atoms with Crippen molar-refractivity contribution in [3.05, 3.63) is 47.9 Å². The van der Waals surface area contributed by atoms with E-state index >= 15 is 0 Å². The van der Waals surface area contributed by atoms with E-state index in [1.54, 1.807) is 13.3 Å². The molecule has 2 aromatic heterocycles. The number of ether oxygens (including phenoxy) is 2. The number of nitrogens with one attached hydrogen (secondary N) is 2. The molecule has 152 valence electrons. The first-order valence-corrected chi connectivity index (χ1v) is 9.07. The molecule has 0 aliphatic carbocycles. The van der Waals surface area contributed by atoms with Crippen LogP contribution in [0.4, 0.5) is 19.0 Å². The van der Waals surface area contributed by atoms with Gasteiger partial charge in [0.1, 0.15) is 22.4 Å². The number of halogens is 3. The number of hydrogen-bond donors (Lipinski definition) is 1. The van der Waals surface area contributed by atoms with Crippen molar-refractivity contribution < 1.29 is 27.6 Å². The standard InChI is InChI=1S/C20H19F3N4O2/c1-19(10-28-2)8-12(13-5-3-4-6-15(13)29-19)9-24-17-14-7-16(20(21,22)23)27-18(14)26-11-25-17/h3-7,9,11-12H,8,10H2,1-2H3,(H,25,26,27)/p+1/b24-9-/t12?,19-/m0/s1. The third-order valence-corrected chi connectivity index (χ3v) is 4.91. The van der Waals surface area contributed by atoms with Crippen molar-refractivity contribution in [1.29, 1.82) is 0 Å². The van der Waals surface area contributed by atoms with E-state index in [1.165, 1.54) is 6.33 Å². The lowest BCUT2D eigenvalue weighted by Gasteiger charge is -2.38. The molecule has 1 unspecified atom stereocenters. The van der Waals surface area contributed by atoms with Crippen LogP contribution in [-0.4, -0.2) is 35.5 Å². The highest BCUT2D eigenvalue weighted by molar-refractivity contribution is 5.87. The van der Waals surface area contributed by atoms with E-state index in [2.05, 4.69) is 19.9 Å². The number of nitrogens with zero attached hydrogens (tertiary/aromatic N) is 2.